The highest BCUT2D eigenvalue weighted by molar-refractivity contribution is 5.82. The Labute approximate surface area is 498 Å². The molecule has 16 aliphatic heterocycles. The van der Waals surface area contributed by atoms with Gasteiger partial charge < -0.3 is 37.9 Å². The maximum Gasteiger partial charge on any atom is 0.314 e. The molecule has 0 amide bonds. The Morgan fingerprint density at radius 2 is 0.647 bits per heavy atom. The van der Waals surface area contributed by atoms with Crippen LogP contribution in [0.3, 0.4) is 0 Å². The number of hydrogen-bond donors (Lipinski definition) is 0. The van der Waals surface area contributed by atoms with Crippen molar-refractivity contribution in [1.82, 2.24) is 0 Å². The molecule has 4 saturated carbocycles. The number of unbranched alkanes of at least 4 members (excludes halogenated alkanes) is 4. The zero-order valence-corrected chi connectivity index (χ0v) is 51.2. The Morgan fingerprint density at radius 1 is 0.341 bits per heavy atom. The van der Waals surface area contributed by atoms with E-state index in [1.54, 1.807) is 0 Å². The van der Waals surface area contributed by atoms with E-state index < -0.39 is 105 Å². The third-order valence-electron chi connectivity index (χ3n) is 27.0. The van der Waals surface area contributed by atoms with Crippen LogP contribution in [0.1, 0.15) is 216 Å². The summed E-state index contributed by atoms with van der Waals surface area (Å²) in [6, 6.07) is 0. The van der Waals surface area contributed by atoms with Crippen molar-refractivity contribution in [2.75, 3.05) is 0 Å². The van der Waals surface area contributed by atoms with Gasteiger partial charge in [0.05, 0.1) is 22.7 Å². The Hall–Kier alpha value is -2.60. The van der Waals surface area contributed by atoms with Gasteiger partial charge >= 0.3 is 23.9 Å². The summed E-state index contributed by atoms with van der Waals surface area (Å²) in [5.74, 6) is -7.62. The smallest absolute Gasteiger partial charge is 0.314 e. The van der Waals surface area contributed by atoms with Gasteiger partial charge in [-0.15, -0.1) is 0 Å². The molecule has 20 aliphatic rings. The van der Waals surface area contributed by atoms with Crippen LogP contribution in [0.25, 0.3) is 0 Å². The molecule has 16 heterocycles. The highest BCUT2D eigenvalue weighted by Gasteiger charge is 2.80. The molecule has 4 spiro atoms. The van der Waals surface area contributed by atoms with Crippen LogP contribution in [0.4, 0.5) is 0 Å². The van der Waals surface area contributed by atoms with Crippen molar-refractivity contribution < 1.29 is 96.2 Å². The Bertz CT molecular complexity index is 2550. The Balaban J connectivity index is 0.698. The minimum Gasteiger partial charge on any atom is -0.432 e. The summed E-state index contributed by atoms with van der Waals surface area (Å²) in [5.41, 5.74) is -6.61. The second-order valence-corrected chi connectivity index (χ2v) is 31.4. The van der Waals surface area contributed by atoms with Gasteiger partial charge in [0.25, 0.3) is 0 Å². The molecule has 16 saturated heterocycles. The first kappa shape index (κ1) is 57.6. The molecule has 472 valence electrons. The minimum absolute atomic E-state index is 0.0142. The van der Waals surface area contributed by atoms with Crippen LogP contribution in [0.2, 0.25) is 0 Å². The van der Waals surface area contributed by atoms with E-state index in [0.29, 0.717) is 77.0 Å². The third-order valence-corrected chi connectivity index (χ3v) is 27.0. The summed E-state index contributed by atoms with van der Waals surface area (Å²) in [6.07, 6.45) is 12.8. The molecule has 0 aromatic rings. The summed E-state index contributed by atoms with van der Waals surface area (Å²) < 4.78 is 52.7. The fourth-order valence-electron chi connectivity index (χ4n) is 22.6. The zero-order valence-electron chi connectivity index (χ0n) is 51.2. The Morgan fingerprint density at radius 3 is 1.01 bits per heavy atom. The van der Waals surface area contributed by atoms with Gasteiger partial charge in [-0.2, -0.15) is 0 Å². The molecule has 0 aromatic carbocycles. The summed E-state index contributed by atoms with van der Waals surface area (Å²) in [6.45, 7) is 16.4. The lowest BCUT2D eigenvalue weighted by atomic mass is 9.49. The topological polar surface area (TPSA) is 216 Å². The number of carbonyl (C=O) groups is 4. The standard InChI is InChI=1S/C65H92O20/c1-34-14-18-44-38(48(66)70-52-62(44)40(34)22-28-56(5,74-52)78-82-62)32-60(46-20-16-36(3)42-24-30-58(7)76-54(72-50(60)68)64(42,46)84-80-58)26-12-10-9-11-13-27-61(47-21-17-37(4)43-25-31-59(8)77-55(73-51(61)69)65(43,47)85-81-59)33-39-45-19-15-35(2)41-23-29-57(6)75-53(71-49(39)67)63(41,45)83-79-57/h34-47,52-55H,9-33H2,1-8H3/t34-,35-,36-,37-,38+,39+,40+,41+,42+,43+,44+,45+,46+,47+,52-,53-,54-,55-,56-,57-,58-,59-,60-,61-,62-,63-,64-,65-/m1/s1. The van der Waals surface area contributed by atoms with E-state index in [0.717, 1.165) is 70.6 Å². The Kier molecular flexibility index (Phi) is 13.2. The lowest BCUT2D eigenvalue weighted by molar-refractivity contribution is -0.564. The van der Waals surface area contributed by atoms with Crippen molar-refractivity contribution in [2.24, 2.45) is 93.7 Å². The third kappa shape index (κ3) is 7.87. The van der Waals surface area contributed by atoms with Gasteiger partial charge in [-0.3, -0.25) is 19.2 Å². The average Bonchev–Trinajstić information content (AvgIpc) is 1.71. The van der Waals surface area contributed by atoms with Crippen molar-refractivity contribution in [2.45, 2.75) is 287 Å². The fraction of sp³-hybridized carbons (Fsp3) is 0.938. The van der Waals surface area contributed by atoms with Crippen molar-refractivity contribution in [3.8, 4) is 0 Å². The molecule has 0 radical (unpaired) electrons. The number of carbonyl (C=O) groups excluding carboxylic acids is 4. The maximum atomic E-state index is 15.7. The summed E-state index contributed by atoms with van der Waals surface area (Å²) in [4.78, 5) is 113. The number of rotatable bonds is 12. The quantitative estimate of drug-likeness (QED) is 0.0768. The van der Waals surface area contributed by atoms with Crippen molar-refractivity contribution in [1.29, 1.82) is 0 Å². The van der Waals surface area contributed by atoms with Crippen LogP contribution in [-0.4, -0.2) is 94.6 Å². The summed E-state index contributed by atoms with van der Waals surface area (Å²) in [5, 5.41) is 0. The van der Waals surface area contributed by atoms with Gasteiger partial charge in [-0.1, -0.05) is 59.8 Å². The maximum absolute atomic E-state index is 15.7. The van der Waals surface area contributed by atoms with Gasteiger partial charge in [0.1, 0.15) is 0 Å². The van der Waals surface area contributed by atoms with Crippen LogP contribution < -0.4 is 0 Å². The molecule has 20 fully saturated rings. The van der Waals surface area contributed by atoms with Crippen molar-refractivity contribution in [3.63, 3.8) is 0 Å². The monoisotopic (exact) mass is 1190 g/mol. The molecule has 20 heteroatoms. The first-order chi connectivity index (χ1) is 40.6. The van der Waals surface area contributed by atoms with Crippen LogP contribution >= 0.6 is 0 Å². The summed E-state index contributed by atoms with van der Waals surface area (Å²) in [7, 11) is 0. The van der Waals surface area contributed by atoms with E-state index >= 15 is 9.59 Å². The van der Waals surface area contributed by atoms with Gasteiger partial charge in [-0.25, -0.2) is 39.1 Å². The largest absolute Gasteiger partial charge is 0.432 e. The SMILES string of the molecule is C[C@@H]1CC[C@H]2[C@H](C[C@@]3(CCCCCCC[C@]4(C[C@@H]5C(=O)O[C@@H]6O[C@@]7(C)CC[C@H]8[C@H](C)CC[C@@H]5[C@@]68OO7)C(=O)O[C@@H]5O[C@@]6(C)CC[C@H]7[C@H](C)CC[C@@H]4[C@@]57OO6)C(=O)O[C@@H]4O[C@@]5(C)CC[C@H]6[C@H](C)CC[C@@H]3[C@@]46OO5)C(=O)O[C@@H]3O[C@@]4(C)CC[C@@H]1[C@]32OO4. The molecule has 0 N–H and O–H groups in total. The van der Waals surface area contributed by atoms with Gasteiger partial charge in [0.15, 0.2) is 22.4 Å². The molecule has 85 heavy (non-hydrogen) atoms. The first-order valence-electron chi connectivity index (χ1n) is 33.6. The lowest BCUT2D eigenvalue weighted by Gasteiger charge is -2.63. The second kappa shape index (κ2) is 19.5. The number of ether oxygens (including phenoxy) is 8. The average molecular weight is 1190 g/mol. The van der Waals surface area contributed by atoms with E-state index in [1.165, 1.54) is 0 Å². The van der Waals surface area contributed by atoms with Crippen LogP contribution in [0.5, 0.6) is 0 Å². The molecular formula is C65H92O20. The number of esters is 4. The van der Waals surface area contributed by atoms with Crippen molar-refractivity contribution >= 4 is 23.9 Å². The summed E-state index contributed by atoms with van der Waals surface area (Å²) >= 11 is 0. The van der Waals surface area contributed by atoms with Crippen LogP contribution in [0, 0.1) is 93.7 Å². The molecule has 8 bridgehead atoms. The fourth-order valence-corrected chi connectivity index (χ4v) is 22.6. The van der Waals surface area contributed by atoms with Crippen LogP contribution in [0.15, 0.2) is 0 Å². The van der Waals surface area contributed by atoms with E-state index in [2.05, 4.69) is 27.7 Å². The predicted octanol–water partition coefficient (Wildman–Crippen LogP) is 10.8. The molecule has 4 aliphatic carbocycles. The number of hydrogen-bond acceptors (Lipinski definition) is 20. The highest BCUT2D eigenvalue weighted by Crippen LogP contribution is 2.70. The van der Waals surface area contributed by atoms with Gasteiger partial charge in [0.2, 0.25) is 48.3 Å². The zero-order chi connectivity index (χ0) is 58.7. The van der Waals surface area contributed by atoms with Crippen molar-refractivity contribution in [3.05, 3.63) is 0 Å². The van der Waals surface area contributed by atoms with E-state index in [1.807, 2.05) is 27.7 Å². The highest BCUT2D eigenvalue weighted by atomic mass is 17.3. The normalized spacial score (nSPS) is 57.5. The molecule has 20 nitrogen and oxygen atoms in total. The van der Waals surface area contributed by atoms with E-state index in [-0.39, 0.29) is 95.9 Å². The molecule has 20 rings (SSSR count). The predicted molar refractivity (Wildman–Crippen MR) is 289 cm³/mol. The molecular weight excluding hydrogens is 1100 g/mol. The molecule has 0 unspecified atom stereocenters. The first-order valence-corrected chi connectivity index (χ1v) is 33.6. The molecule has 28 atom stereocenters. The van der Waals surface area contributed by atoms with E-state index in [9.17, 15) is 9.59 Å². The van der Waals surface area contributed by atoms with Gasteiger partial charge in [0, 0.05) is 73.0 Å². The molecule has 0 aromatic heterocycles. The van der Waals surface area contributed by atoms with Crippen LogP contribution in [-0.2, 0) is 96.2 Å². The lowest BCUT2D eigenvalue weighted by Crippen LogP contribution is -2.74. The number of fused-ring (bicyclic) bond motifs is 8. The second-order valence-electron chi connectivity index (χ2n) is 31.4. The van der Waals surface area contributed by atoms with Gasteiger partial charge in [-0.05, 0) is 154 Å². The van der Waals surface area contributed by atoms with E-state index in [4.69, 9.17) is 77.0 Å². The minimum atomic E-state index is -1.18.